The van der Waals surface area contributed by atoms with Gasteiger partial charge in [-0.15, -0.1) is 12.4 Å². The summed E-state index contributed by atoms with van der Waals surface area (Å²) in [6, 6.07) is -0.0796. The van der Waals surface area contributed by atoms with Crippen molar-refractivity contribution in [3.05, 3.63) is 17.5 Å². The molecule has 0 radical (unpaired) electrons. The summed E-state index contributed by atoms with van der Waals surface area (Å²) in [5.74, 6) is -0.164. The van der Waals surface area contributed by atoms with Gasteiger partial charge in [0.2, 0.25) is 5.91 Å². The van der Waals surface area contributed by atoms with Crippen molar-refractivity contribution in [2.45, 2.75) is 39.3 Å². The van der Waals surface area contributed by atoms with Gasteiger partial charge in [0.25, 0.3) is 0 Å². The molecule has 1 atom stereocenters. The molecule has 0 aliphatic rings. The summed E-state index contributed by atoms with van der Waals surface area (Å²) in [6.07, 6.45) is 1.91. The zero-order valence-corrected chi connectivity index (χ0v) is 11.8. The number of hydrogen-bond donors (Lipinski definition) is 2. The van der Waals surface area contributed by atoms with Crippen LogP contribution in [0, 0.1) is 6.92 Å². The first kappa shape index (κ1) is 15.9. The molecular formula is C11H21ClN4O. The van der Waals surface area contributed by atoms with Crippen LogP contribution in [0.2, 0.25) is 0 Å². The van der Waals surface area contributed by atoms with Gasteiger partial charge in [-0.1, -0.05) is 0 Å². The average Bonchev–Trinajstić information content (AvgIpc) is 2.43. The maximum Gasteiger partial charge on any atom is 0.239 e. The third-order valence-electron chi connectivity index (χ3n) is 2.45. The van der Waals surface area contributed by atoms with E-state index in [1.165, 1.54) is 0 Å². The third kappa shape index (κ3) is 4.02. The van der Waals surface area contributed by atoms with Crippen molar-refractivity contribution in [2.75, 3.05) is 0 Å². The van der Waals surface area contributed by atoms with Crippen molar-refractivity contribution in [2.24, 2.45) is 12.8 Å². The molecule has 0 spiro atoms. The summed E-state index contributed by atoms with van der Waals surface area (Å²) in [5, 5.41) is 7.11. The predicted octanol–water partition coefficient (Wildman–Crippen LogP) is 1.06. The van der Waals surface area contributed by atoms with Gasteiger partial charge in [0.05, 0.1) is 17.3 Å². The highest BCUT2D eigenvalue weighted by atomic mass is 35.5. The maximum atomic E-state index is 11.7. The predicted molar refractivity (Wildman–Crippen MR) is 70.0 cm³/mol. The van der Waals surface area contributed by atoms with Gasteiger partial charge in [-0.05, 0) is 27.7 Å². The standard InChI is InChI=1S/C11H20N4O.ClH/c1-7(13-10(16)11(3,4)12)9-6-15(5)14-8(9)2;/h6-7H,12H2,1-5H3,(H,13,16);1H. The molecule has 0 bridgehead atoms. The molecule has 0 aromatic carbocycles. The molecule has 0 saturated heterocycles. The monoisotopic (exact) mass is 260 g/mol. The Hall–Kier alpha value is -1.07. The average molecular weight is 261 g/mol. The summed E-state index contributed by atoms with van der Waals surface area (Å²) >= 11 is 0. The molecule has 5 nitrogen and oxygen atoms in total. The quantitative estimate of drug-likeness (QED) is 0.854. The normalized spacial score (nSPS) is 12.8. The lowest BCUT2D eigenvalue weighted by Gasteiger charge is -2.21. The molecule has 0 saturated carbocycles. The molecular weight excluding hydrogens is 240 g/mol. The molecule has 0 aliphatic heterocycles. The van der Waals surface area contributed by atoms with E-state index in [0.29, 0.717) is 0 Å². The summed E-state index contributed by atoms with van der Waals surface area (Å²) in [5.41, 5.74) is 6.79. The number of amides is 1. The Morgan fingerprint density at radius 2 is 2.12 bits per heavy atom. The number of aromatic nitrogens is 2. The molecule has 1 amide bonds. The number of carbonyl (C=O) groups excluding carboxylic acids is 1. The van der Waals surface area contributed by atoms with E-state index in [1.807, 2.05) is 27.1 Å². The van der Waals surface area contributed by atoms with Crippen LogP contribution >= 0.6 is 12.4 Å². The number of nitrogens with two attached hydrogens (primary N) is 1. The summed E-state index contributed by atoms with van der Waals surface area (Å²) in [7, 11) is 1.86. The van der Waals surface area contributed by atoms with Gasteiger partial charge in [-0.3, -0.25) is 9.48 Å². The molecule has 98 valence electrons. The van der Waals surface area contributed by atoms with Crippen molar-refractivity contribution < 1.29 is 4.79 Å². The number of hydrogen-bond acceptors (Lipinski definition) is 3. The molecule has 1 heterocycles. The van der Waals surface area contributed by atoms with E-state index in [0.717, 1.165) is 11.3 Å². The summed E-state index contributed by atoms with van der Waals surface area (Å²) in [4.78, 5) is 11.7. The van der Waals surface area contributed by atoms with Crippen LogP contribution in [0.3, 0.4) is 0 Å². The molecule has 1 rings (SSSR count). The first-order valence-electron chi connectivity index (χ1n) is 5.32. The molecule has 0 aliphatic carbocycles. The zero-order chi connectivity index (χ0) is 12.5. The van der Waals surface area contributed by atoms with Crippen LogP contribution in [-0.4, -0.2) is 21.2 Å². The van der Waals surface area contributed by atoms with Crippen LogP contribution in [0.5, 0.6) is 0 Å². The van der Waals surface area contributed by atoms with Crippen molar-refractivity contribution in [3.8, 4) is 0 Å². The fraction of sp³-hybridized carbons (Fsp3) is 0.636. The van der Waals surface area contributed by atoms with Crippen LogP contribution in [-0.2, 0) is 11.8 Å². The molecule has 6 heteroatoms. The van der Waals surface area contributed by atoms with E-state index in [-0.39, 0.29) is 24.4 Å². The number of aryl methyl sites for hydroxylation is 2. The lowest BCUT2D eigenvalue weighted by Crippen LogP contribution is -2.49. The molecule has 1 aromatic heterocycles. The molecule has 17 heavy (non-hydrogen) atoms. The maximum absolute atomic E-state index is 11.7. The minimum atomic E-state index is -0.857. The van der Waals surface area contributed by atoms with Gasteiger partial charge in [-0.25, -0.2) is 0 Å². The Morgan fingerprint density at radius 1 is 1.59 bits per heavy atom. The minimum Gasteiger partial charge on any atom is -0.348 e. The number of nitrogens with zero attached hydrogens (tertiary/aromatic N) is 2. The summed E-state index contributed by atoms with van der Waals surface area (Å²) < 4.78 is 1.74. The highest BCUT2D eigenvalue weighted by molar-refractivity contribution is 5.85. The number of rotatable bonds is 3. The van der Waals surface area contributed by atoms with E-state index < -0.39 is 5.54 Å². The molecule has 1 aromatic rings. The number of halogens is 1. The fourth-order valence-corrected chi connectivity index (χ4v) is 1.50. The largest absolute Gasteiger partial charge is 0.348 e. The second-order valence-electron chi connectivity index (χ2n) is 4.76. The van der Waals surface area contributed by atoms with E-state index in [4.69, 9.17) is 5.73 Å². The highest BCUT2D eigenvalue weighted by Crippen LogP contribution is 2.16. The first-order chi connectivity index (χ1) is 7.21. The van der Waals surface area contributed by atoms with Gasteiger partial charge in [0, 0.05) is 18.8 Å². The fourth-order valence-electron chi connectivity index (χ4n) is 1.50. The van der Waals surface area contributed by atoms with Crippen LogP contribution in [0.15, 0.2) is 6.20 Å². The highest BCUT2D eigenvalue weighted by Gasteiger charge is 2.24. The van der Waals surface area contributed by atoms with Gasteiger partial charge in [-0.2, -0.15) is 5.10 Å². The second kappa shape index (κ2) is 5.51. The Morgan fingerprint density at radius 3 is 2.47 bits per heavy atom. The Kier molecular flexibility index (Phi) is 5.16. The van der Waals surface area contributed by atoms with Crippen molar-refractivity contribution >= 4 is 18.3 Å². The smallest absolute Gasteiger partial charge is 0.239 e. The minimum absolute atomic E-state index is 0. The van der Waals surface area contributed by atoms with Crippen LogP contribution in [0.1, 0.15) is 38.1 Å². The van der Waals surface area contributed by atoms with Gasteiger partial charge >= 0.3 is 0 Å². The third-order valence-corrected chi connectivity index (χ3v) is 2.45. The lowest BCUT2D eigenvalue weighted by atomic mass is 10.0. The van der Waals surface area contributed by atoms with Gasteiger partial charge < -0.3 is 11.1 Å². The summed E-state index contributed by atoms with van der Waals surface area (Å²) in [6.45, 7) is 7.22. The zero-order valence-electron chi connectivity index (χ0n) is 10.9. The number of carbonyl (C=O) groups is 1. The topological polar surface area (TPSA) is 72.9 Å². The molecule has 3 N–H and O–H groups in total. The van der Waals surface area contributed by atoms with Crippen LogP contribution in [0.25, 0.3) is 0 Å². The van der Waals surface area contributed by atoms with Gasteiger partial charge in [0.15, 0.2) is 0 Å². The van der Waals surface area contributed by atoms with Crippen molar-refractivity contribution in [3.63, 3.8) is 0 Å². The Labute approximate surface area is 108 Å². The van der Waals surface area contributed by atoms with Crippen molar-refractivity contribution in [1.82, 2.24) is 15.1 Å². The van der Waals surface area contributed by atoms with E-state index in [9.17, 15) is 4.79 Å². The Balaban J connectivity index is 0.00000256. The van der Waals surface area contributed by atoms with E-state index in [1.54, 1.807) is 18.5 Å². The Bertz CT molecular complexity index is 395. The van der Waals surface area contributed by atoms with Crippen LogP contribution < -0.4 is 11.1 Å². The van der Waals surface area contributed by atoms with E-state index in [2.05, 4.69) is 10.4 Å². The molecule has 0 fully saturated rings. The lowest BCUT2D eigenvalue weighted by molar-refractivity contribution is -0.125. The number of nitrogens with one attached hydrogen (secondary N) is 1. The molecule has 1 unspecified atom stereocenters. The SMILES string of the molecule is Cc1nn(C)cc1C(C)NC(=O)C(C)(C)N.Cl. The van der Waals surface area contributed by atoms with Gasteiger partial charge in [0.1, 0.15) is 0 Å². The van der Waals surface area contributed by atoms with Crippen molar-refractivity contribution in [1.29, 1.82) is 0 Å². The first-order valence-corrected chi connectivity index (χ1v) is 5.32. The van der Waals surface area contributed by atoms with Crippen LogP contribution in [0.4, 0.5) is 0 Å². The second-order valence-corrected chi connectivity index (χ2v) is 4.76. The van der Waals surface area contributed by atoms with E-state index >= 15 is 0 Å².